The summed E-state index contributed by atoms with van der Waals surface area (Å²) in [6.07, 6.45) is 2.11. The molecule has 0 spiro atoms. The minimum atomic E-state index is -0.938. The molecule has 0 radical (unpaired) electrons. The topological polar surface area (TPSA) is 69.6 Å². The predicted molar refractivity (Wildman–Crippen MR) is 78.5 cm³/mol. The first-order chi connectivity index (χ1) is 9.31. The molecule has 5 nitrogen and oxygen atoms in total. The number of nitrogens with one attached hydrogen (secondary N) is 1. The van der Waals surface area contributed by atoms with Crippen LogP contribution in [0, 0.1) is 11.8 Å². The van der Waals surface area contributed by atoms with Gasteiger partial charge in [-0.15, -0.1) is 0 Å². The monoisotopic (exact) mass is 284 g/mol. The second kappa shape index (κ2) is 7.62. The van der Waals surface area contributed by atoms with Gasteiger partial charge in [0.1, 0.15) is 6.04 Å². The molecule has 0 aliphatic carbocycles. The van der Waals surface area contributed by atoms with Crippen molar-refractivity contribution in [3.8, 4) is 0 Å². The number of hydrogen-bond acceptors (Lipinski definition) is 3. The lowest BCUT2D eigenvalue weighted by Crippen LogP contribution is -2.47. The summed E-state index contributed by atoms with van der Waals surface area (Å²) in [7, 11) is 0. The molecular formula is C15H28N2O3. The number of carbonyl (C=O) groups is 2. The summed E-state index contributed by atoms with van der Waals surface area (Å²) < 4.78 is 0. The Morgan fingerprint density at radius 3 is 2.15 bits per heavy atom. The van der Waals surface area contributed by atoms with Crippen LogP contribution in [0.15, 0.2) is 0 Å². The Morgan fingerprint density at radius 2 is 1.75 bits per heavy atom. The number of aliphatic carboxylic acids is 1. The Bertz CT molecular complexity index is 334. The molecule has 5 heteroatoms. The van der Waals surface area contributed by atoms with E-state index >= 15 is 0 Å². The molecule has 116 valence electrons. The van der Waals surface area contributed by atoms with Crippen molar-refractivity contribution in [2.75, 3.05) is 13.1 Å². The predicted octanol–water partition coefficient (Wildman–Crippen LogP) is 1.72. The van der Waals surface area contributed by atoms with Crippen LogP contribution in [0.1, 0.15) is 47.0 Å². The molecule has 1 aliphatic heterocycles. The SMILES string of the molecule is CC(C)C[C@H](NC(=O)C1CCN(C(C)C)CC1)C(=O)O. The zero-order valence-corrected chi connectivity index (χ0v) is 13.1. The molecular weight excluding hydrogens is 256 g/mol. The molecule has 0 unspecified atom stereocenters. The van der Waals surface area contributed by atoms with Crippen LogP contribution in [0.3, 0.4) is 0 Å². The maximum absolute atomic E-state index is 12.2. The number of likely N-dealkylation sites (tertiary alicyclic amines) is 1. The highest BCUT2D eigenvalue weighted by Gasteiger charge is 2.29. The van der Waals surface area contributed by atoms with Gasteiger partial charge in [0.15, 0.2) is 0 Å². The first-order valence-corrected chi connectivity index (χ1v) is 7.58. The highest BCUT2D eigenvalue weighted by molar-refractivity contribution is 5.85. The van der Waals surface area contributed by atoms with Crippen molar-refractivity contribution in [3.05, 3.63) is 0 Å². The first kappa shape index (κ1) is 17.0. The highest BCUT2D eigenvalue weighted by Crippen LogP contribution is 2.19. The van der Waals surface area contributed by atoms with E-state index in [1.54, 1.807) is 0 Å². The third-order valence-corrected chi connectivity index (χ3v) is 3.95. The minimum Gasteiger partial charge on any atom is -0.480 e. The maximum atomic E-state index is 12.2. The summed E-state index contributed by atoms with van der Waals surface area (Å²) in [5.74, 6) is -0.827. The van der Waals surface area contributed by atoms with E-state index in [2.05, 4.69) is 24.1 Å². The fourth-order valence-electron chi connectivity index (χ4n) is 2.66. The average molecular weight is 284 g/mol. The zero-order chi connectivity index (χ0) is 15.3. The van der Waals surface area contributed by atoms with Gasteiger partial charge in [-0.1, -0.05) is 13.8 Å². The van der Waals surface area contributed by atoms with Crippen molar-refractivity contribution < 1.29 is 14.7 Å². The number of amides is 1. The van der Waals surface area contributed by atoms with E-state index in [0.717, 1.165) is 25.9 Å². The summed E-state index contributed by atoms with van der Waals surface area (Å²) in [6, 6.07) is -0.252. The van der Waals surface area contributed by atoms with Gasteiger partial charge < -0.3 is 15.3 Å². The normalized spacial score (nSPS) is 19.3. The number of rotatable bonds is 6. The Kier molecular flexibility index (Phi) is 6.46. The zero-order valence-electron chi connectivity index (χ0n) is 13.1. The van der Waals surface area contributed by atoms with Crippen LogP contribution in [0.25, 0.3) is 0 Å². The Morgan fingerprint density at radius 1 is 1.20 bits per heavy atom. The van der Waals surface area contributed by atoms with Crippen LogP contribution >= 0.6 is 0 Å². The molecule has 0 aromatic heterocycles. The first-order valence-electron chi connectivity index (χ1n) is 7.58. The molecule has 1 aliphatic rings. The van der Waals surface area contributed by atoms with Gasteiger partial charge in [0.25, 0.3) is 0 Å². The van der Waals surface area contributed by atoms with Crippen molar-refractivity contribution in [3.63, 3.8) is 0 Å². The van der Waals surface area contributed by atoms with Crippen molar-refractivity contribution in [1.82, 2.24) is 10.2 Å². The van der Waals surface area contributed by atoms with E-state index in [9.17, 15) is 9.59 Å². The summed E-state index contributed by atoms with van der Waals surface area (Å²) >= 11 is 0. The van der Waals surface area contributed by atoms with Crippen LogP contribution in [-0.4, -0.2) is 47.1 Å². The lowest BCUT2D eigenvalue weighted by Gasteiger charge is -2.34. The third kappa shape index (κ3) is 5.12. The molecule has 0 aromatic rings. The molecule has 1 amide bonds. The highest BCUT2D eigenvalue weighted by atomic mass is 16.4. The van der Waals surface area contributed by atoms with Gasteiger partial charge in [0.2, 0.25) is 5.91 Å². The molecule has 1 atom stereocenters. The third-order valence-electron chi connectivity index (χ3n) is 3.95. The summed E-state index contributed by atoms with van der Waals surface area (Å²) in [5.41, 5.74) is 0. The van der Waals surface area contributed by atoms with Gasteiger partial charge in [-0.25, -0.2) is 4.79 Å². The fraction of sp³-hybridized carbons (Fsp3) is 0.867. The molecule has 0 bridgehead atoms. The lowest BCUT2D eigenvalue weighted by molar-refractivity contribution is -0.143. The van der Waals surface area contributed by atoms with E-state index in [1.165, 1.54) is 0 Å². The van der Waals surface area contributed by atoms with Gasteiger partial charge >= 0.3 is 5.97 Å². The Labute approximate surface area is 121 Å². The summed E-state index contributed by atoms with van der Waals surface area (Å²) in [4.78, 5) is 25.7. The largest absolute Gasteiger partial charge is 0.480 e. The minimum absolute atomic E-state index is 0.0426. The quantitative estimate of drug-likeness (QED) is 0.779. The molecule has 0 saturated carbocycles. The fourth-order valence-corrected chi connectivity index (χ4v) is 2.66. The van der Waals surface area contributed by atoms with Crippen LogP contribution in [0.2, 0.25) is 0 Å². The van der Waals surface area contributed by atoms with Gasteiger partial charge in [0.05, 0.1) is 0 Å². The lowest BCUT2D eigenvalue weighted by atomic mass is 9.94. The smallest absolute Gasteiger partial charge is 0.326 e. The molecule has 1 rings (SSSR count). The maximum Gasteiger partial charge on any atom is 0.326 e. The second-order valence-electron chi connectivity index (χ2n) is 6.43. The van der Waals surface area contributed by atoms with Crippen molar-refractivity contribution in [2.45, 2.75) is 59.0 Å². The van der Waals surface area contributed by atoms with Crippen molar-refractivity contribution in [2.24, 2.45) is 11.8 Å². The van der Waals surface area contributed by atoms with Crippen LogP contribution in [0.5, 0.6) is 0 Å². The van der Waals surface area contributed by atoms with Gasteiger partial charge in [0, 0.05) is 12.0 Å². The number of carboxylic acids is 1. The standard InChI is InChI=1S/C15H28N2O3/c1-10(2)9-13(15(19)20)16-14(18)12-5-7-17(8-6-12)11(3)4/h10-13H,5-9H2,1-4H3,(H,16,18)(H,19,20)/t13-/m0/s1. The number of piperidine rings is 1. The van der Waals surface area contributed by atoms with E-state index < -0.39 is 12.0 Å². The Hall–Kier alpha value is -1.10. The number of carboxylic acid groups (broad SMARTS) is 1. The van der Waals surface area contributed by atoms with E-state index in [1.807, 2.05) is 13.8 Å². The van der Waals surface area contributed by atoms with Crippen LogP contribution < -0.4 is 5.32 Å². The summed E-state index contributed by atoms with van der Waals surface area (Å²) in [6.45, 7) is 10.1. The van der Waals surface area contributed by atoms with Gasteiger partial charge in [-0.05, 0) is 52.1 Å². The van der Waals surface area contributed by atoms with Crippen molar-refractivity contribution >= 4 is 11.9 Å². The second-order valence-corrected chi connectivity index (χ2v) is 6.43. The molecule has 0 aromatic carbocycles. The average Bonchev–Trinajstić information content (AvgIpc) is 2.37. The number of hydrogen-bond donors (Lipinski definition) is 2. The molecule has 2 N–H and O–H groups in total. The van der Waals surface area contributed by atoms with Crippen LogP contribution in [-0.2, 0) is 9.59 Å². The van der Waals surface area contributed by atoms with Crippen molar-refractivity contribution in [1.29, 1.82) is 0 Å². The van der Waals surface area contributed by atoms with E-state index in [4.69, 9.17) is 5.11 Å². The number of carbonyl (C=O) groups excluding carboxylic acids is 1. The van der Waals surface area contributed by atoms with Crippen LogP contribution in [0.4, 0.5) is 0 Å². The molecule has 1 heterocycles. The van der Waals surface area contributed by atoms with Gasteiger partial charge in [-0.3, -0.25) is 4.79 Å². The van der Waals surface area contributed by atoms with Gasteiger partial charge in [-0.2, -0.15) is 0 Å². The number of nitrogens with zero attached hydrogens (tertiary/aromatic N) is 1. The molecule has 20 heavy (non-hydrogen) atoms. The Balaban J connectivity index is 2.48. The molecule has 1 fully saturated rings. The van der Waals surface area contributed by atoms with E-state index in [-0.39, 0.29) is 17.7 Å². The summed E-state index contributed by atoms with van der Waals surface area (Å²) in [5, 5.41) is 11.9. The molecule has 1 saturated heterocycles. The van der Waals surface area contributed by atoms with E-state index in [0.29, 0.717) is 12.5 Å².